The lowest BCUT2D eigenvalue weighted by Gasteiger charge is -2.45. The molecule has 3 aromatic rings. The van der Waals surface area contributed by atoms with Gasteiger partial charge in [-0.25, -0.2) is 9.78 Å². The van der Waals surface area contributed by atoms with E-state index in [9.17, 15) is 4.79 Å². The van der Waals surface area contributed by atoms with E-state index in [1.54, 1.807) is 6.20 Å². The van der Waals surface area contributed by atoms with Crippen molar-refractivity contribution in [3.05, 3.63) is 53.7 Å². The molecule has 3 atom stereocenters. The first kappa shape index (κ1) is 17.5. The maximum Gasteiger partial charge on any atom is 0.374 e. The van der Waals surface area contributed by atoms with Gasteiger partial charge in [-0.05, 0) is 49.9 Å². The minimum atomic E-state index is -0.339. The fourth-order valence-corrected chi connectivity index (χ4v) is 5.31. The Labute approximate surface area is 164 Å². The molecule has 1 aromatic carbocycles. The molecule has 2 aromatic heterocycles. The van der Waals surface area contributed by atoms with Gasteiger partial charge in [0.2, 0.25) is 5.82 Å². The molecule has 1 N–H and O–H groups in total. The van der Waals surface area contributed by atoms with Gasteiger partial charge in [0.05, 0.1) is 6.61 Å². The number of hydrogen-bond acceptors (Lipinski definition) is 4. The third-order valence-electron chi connectivity index (χ3n) is 6.44. The lowest BCUT2D eigenvalue weighted by atomic mass is 9.72. The van der Waals surface area contributed by atoms with Crippen molar-refractivity contribution in [3.8, 4) is 0 Å². The second-order valence-electron chi connectivity index (χ2n) is 8.13. The average Bonchev–Trinajstić information content (AvgIpc) is 3.31. The van der Waals surface area contributed by atoms with Crippen LogP contribution in [0, 0.1) is 5.92 Å². The number of likely N-dealkylation sites (N-methyl/N-ethyl adjacent to an activating group) is 1. The number of nitrogens with one attached hydrogen (secondary N) is 1. The number of aromatic nitrogens is 3. The molecule has 0 bridgehead atoms. The lowest BCUT2D eigenvalue weighted by Crippen LogP contribution is -2.48. The van der Waals surface area contributed by atoms with Crippen molar-refractivity contribution < 1.29 is 9.53 Å². The molecule has 1 aliphatic carbocycles. The van der Waals surface area contributed by atoms with Crippen LogP contribution in [0.3, 0.4) is 0 Å². The molecule has 5 rings (SSSR count). The monoisotopic (exact) mass is 378 g/mol. The Kier molecular flexibility index (Phi) is 4.23. The molecule has 6 heteroatoms. The molecular formula is C22H26N4O2. The molecule has 0 saturated carbocycles. The van der Waals surface area contributed by atoms with E-state index in [-0.39, 0.29) is 5.97 Å². The van der Waals surface area contributed by atoms with Crippen LogP contribution < -0.4 is 0 Å². The number of carbonyl (C=O) groups excluding carboxylic acids is 1. The molecule has 1 aliphatic heterocycles. The number of benzene rings is 1. The molecule has 3 heterocycles. The normalized spacial score (nSPS) is 24.3. The van der Waals surface area contributed by atoms with Gasteiger partial charge in [-0.3, -0.25) is 0 Å². The van der Waals surface area contributed by atoms with Crippen molar-refractivity contribution in [2.24, 2.45) is 5.92 Å². The number of esters is 1. The summed E-state index contributed by atoms with van der Waals surface area (Å²) in [5, 5.41) is 1.42. The fraction of sp³-hybridized carbons (Fsp3) is 0.455. The van der Waals surface area contributed by atoms with Crippen LogP contribution in [-0.4, -0.2) is 51.6 Å². The zero-order valence-electron chi connectivity index (χ0n) is 16.4. The van der Waals surface area contributed by atoms with E-state index in [4.69, 9.17) is 4.74 Å². The van der Waals surface area contributed by atoms with Gasteiger partial charge in [-0.15, -0.1) is 0 Å². The molecular weight excluding hydrogens is 352 g/mol. The van der Waals surface area contributed by atoms with Gasteiger partial charge >= 0.3 is 5.97 Å². The molecule has 0 radical (unpaired) electrons. The van der Waals surface area contributed by atoms with Gasteiger partial charge in [0.15, 0.2) is 0 Å². The van der Waals surface area contributed by atoms with Crippen LogP contribution in [0.1, 0.15) is 41.0 Å². The number of likely N-dealkylation sites (tertiary alicyclic amines) is 1. The summed E-state index contributed by atoms with van der Waals surface area (Å²) in [6, 6.07) is 7.17. The molecule has 28 heavy (non-hydrogen) atoms. The summed E-state index contributed by atoms with van der Waals surface area (Å²) in [5.41, 5.74) is 4.16. The van der Waals surface area contributed by atoms with Crippen LogP contribution in [-0.2, 0) is 17.7 Å². The van der Waals surface area contributed by atoms with Crippen LogP contribution in [0.5, 0.6) is 0 Å². The molecule has 1 fully saturated rings. The van der Waals surface area contributed by atoms with Gasteiger partial charge < -0.3 is 19.2 Å². The van der Waals surface area contributed by atoms with Gasteiger partial charge in [0.25, 0.3) is 0 Å². The van der Waals surface area contributed by atoms with Gasteiger partial charge in [-0.1, -0.05) is 12.1 Å². The standard InChI is InChI=1S/C22H26N4O2/c1-3-28-22(27)21-23-7-8-26(21)13-14-9-17-16-5-4-6-18-20(16)15(11-24-18)10-19(17)25(2)12-14/h4-8,11,14,17,19,24H,3,9-10,12-13H2,1-2H3/t14-,17+,19+/m0/s1. The Morgan fingerprint density at radius 2 is 2.29 bits per heavy atom. The zero-order valence-corrected chi connectivity index (χ0v) is 16.4. The first-order valence-corrected chi connectivity index (χ1v) is 10.1. The van der Waals surface area contributed by atoms with Crippen LogP contribution in [0.2, 0.25) is 0 Å². The Morgan fingerprint density at radius 3 is 3.14 bits per heavy atom. The van der Waals surface area contributed by atoms with Crippen LogP contribution in [0.25, 0.3) is 10.9 Å². The third-order valence-corrected chi connectivity index (χ3v) is 6.44. The van der Waals surface area contributed by atoms with E-state index >= 15 is 0 Å². The van der Waals surface area contributed by atoms with Gasteiger partial charge in [-0.2, -0.15) is 0 Å². The van der Waals surface area contributed by atoms with Crippen LogP contribution in [0.4, 0.5) is 0 Å². The minimum absolute atomic E-state index is 0.339. The quantitative estimate of drug-likeness (QED) is 0.708. The highest BCUT2D eigenvalue weighted by molar-refractivity contribution is 5.88. The van der Waals surface area contributed by atoms with E-state index in [1.807, 2.05) is 17.7 Å². The molecule has 6 nitrogen and oxygen atoms in total. The summed E-state index contributed by atoms with van der Waals surface area (Å²) >= 11 is 0. The summed E-state index contributed by atoms with van der Waals surface area (Å²) in [6.07, 6.45) is 7.99. The fourth-order valence-electron chi connectivity index (χ4n) is 5.31. The summed E-state index contributed by atoms with van der Waals surface area (Å²) in [6.45, 7) is 4.00. The van der Waals surface area contributed by atoms with Gasteiger partial charge in [0.1, 0.15) is 0 Å². The smallest absolute Gasteiger partial charge is 0.374 e. The van der Waals surface area contributed by atoms with Crippen molar-refractivity contribution >= 4 is 16.9 Å². The average molecular weight is 378 g/mol. The summed E-state index contributed by atoms with van der Waals surface area (Å²) < 4.78 is 7.12. The number of piperidine rings is 1. The molecule has 2 aliphatic rings. The van der Waals surface area contributed by atoms with Crippen LogP contribution in [0.15, 0.2) is 36.8 Å². The molecule has 1 saturated heterocycles. The topological polar surface area (TPSA) is 63.1 Å². The highest BCUT2D eigenvalue weighted by atomic mass is 16.5. The molecule has 0 amide bonds. The number of hydrogen-bond donors (Lipinski definition) is 1. The number of fused-ring (bicyclic) bond motifs is 2. The van der Waals surface area contributed by atoms with E-state index < -0.39 is 0 Å². The van der Waals surface area contributed by atoms with Crippen molar-refractivity contribution in [2.45, 2.75) is 38.3 Å². The van der Waals surface area contributed by atoms with Gasteiger partial charge in [0, 0.05) is 54.5 Å². The number of imidazole rings is 1. The molecule has 0 spiro atoms. The first-order chi connectivity index (χ1) is 13.7. The van der Waals surface area contributed by atoms with E-state index in [2.05, 4.69) is 46.3 Å². The largest absolute Gasteiger partial charge is 0.460 e. The van der Waals surface area contributed by atoms with E-state index in [0.717, 1.165) is 25.9 Å². The number of H-pyrrole nitrogens is 1. The van der Waals surface area contributed by atoms with Crippen LogP contribution >= 0.6 is 0 Å². The number of aromatic amines is 1. The number of rotatable bonds is 4. The maximum atomic E-state index is 12.2. The second-order valence-corrected chi connectivity index (χ2v) is 8.13. The Bertz CT molecular complexity index is 1020. The Hall–Kier alpha value is -2.60. The summed E-state index contributed by atoms with van der Waals surface area (Å²) in [5.74, 6) is 1.05. The highest BCUT2D eigenvalue weighted by Crippen LogP contribution is 2.44. The predicted molar refractivity (Wildman–Crippen MR) is 107 cm³/mol. The number of carbonyl (C=O) groups is 1. The number of nitrogens with zero attached hydrogens (tertiary/aromatic N) is 3. The van der Waals surface area contributed by atoms with E-state index in [0.29, 0.717) is 30.3 Å². The first-order valence-electron chi connectivity index (χ1n) is 10.1. The van der Waals surface area contributed by atoms with Crippen molar-refractivity contribution in [3.63, 3.8) is 0 Å². The van der Waals surface area contributed by atoms with E-state index in [1.165, 1.54) is 22.0 Å². The SMILES string of the molecule is CCOC(=O)c1nccn1C[C@H]1C[C@@H]2c3cccc4[nH]cc(c34)C[C@H]2N(C)C1. The summed E-state index contributed by atoms with van der Waals surface area (Å²) in [7, 11) is 2.24. The van der Waals surface area contributed by atoms with Crippen molar-refractivity contribution in [2.75, 3.05) is 20.2 Å². The lowest BCUT2D eigenvalue weighted by molar-refractivity contribution is 0.0500. The molecule has 0 unspecified atom stereocenters. The minimum Gasteiger partial charge on any atom is -0.460 e. The Balaban J connectivity index is 1.42. The molecule has 146 valence electrons. The third kappa shape index (κ3) is 2.75. The van der Waals surface area contributed by atoms with Crippen molar-refractivity contribution in [1.82, 2.24) is 19.4 Å². The number of ether oxygens (including phenoxy) is 1. The second kappa shape index (κ2) is 6.78. The summed E-state index contributed by atoms with van der Waals surface area (Å²) in [4.78, 5) is 22.4. The Morgan fingerprint density at radius 1 is 1.39 bits per heavy atom. The predicted octanol–water partition coefficient (Wildman–Crippen LogP) is 3.20. The van der Waals surface area contributed by atoms with Crippen molar-refractivity contribution in [1.29, 1.82) is 0 Å². The highest BCUT2D eigenvalue weighted by Gasteiger charge is 2.39. The maximum absolute atomic E-state index is 12.2. The zero-order chi connectivity index (χ0) is 19.3.